The van der Waals surface area contributed by atoms with E-state index in [-0.39, 0.29) is 11.9 Å². The van der Waals surface area contributed by atoms with Crippen LogP contribution in [0.4, 0.5) is 5.69 Å². The lowest BCUT2D eigenvalue weighted by molar-refractivity contribution is 0.0926. The molecule has 1 fully saturated rings. The maximum absolute atomic E-state index is 12.5. The summed E-state index contributed by atoms with van der Waals surface area (Å²) in [4.78, 5) is 12.5. The minimum Gasteiger partial charge on any atom is -0.399 e. The summed E-state index contributed by atoms with van der Waals surface area (Å²) < 4.78 is 0. The molecule has 0 aromatic heterocycles. The summed E-state index contributed by atoms with van der Waals surface area (Å²) in [6.07, 6.45) is 0. The van der Waals surface area contributed by atoms with Gasteiger partial charge >= 0.3 is 0 Å². The zero-order valence-electron chi connectivity index (χ0n) is 12.3. The molecule has 3 atom stereocenters. The smallest absolute Gasteiger partial charge is 0.251 e. The van der Waals surface area contributed by atoms with Crippen LogP contribution in [0.2, 0.25) is 0 Å². The monoisotopic (exact) mass is 293 g/mol. The van der Waals surface area contributed by atoms with Crippen molar-refractivity contribution in [3.63, 3.8) is 0 Å². The van der Waals surface area contributed by atoms with E-state index in [1.54, 1.807) is 24.3 Å². The van der Waals surface area contributed by atoms with Gasteiger partial charge in [0.25, 0.3) is 5.91 Å². The molecule has 4 heteroatoms. The molecule has 2 aliphatic rings. The third-order valence-electron chi connectivity index (χ3n) is 4.88. The number of hydrogen-bond acceptors (Lipinski definition) is 3. The summed E-state index contributed by atoms with van der Waals surface area (Å²) in [5, 5.41) is 6.67. The first-order valence-corrected chi connectivity index (χ1v) is 7.70. The molecule has 0 spiro atoms. The maximum atomic E-state index is 12.5. The van der Waals surface area contributed by atoms with E-state index >= 15 is 0 Å². The molecule has 1 aliphatic heterocycles. The molecule has 2 aromatic rings. The first-order valence-electron chi connectivity index (χ1n) is 7.70. The van der Waals surface area contributed by atoms with Crippen molar-refractivity contribution in [2.24, 2.45) is 5.92 Å². The van der Waals surface area contributed by atoms with Crippen molar-refractivity contribution in [1.82, 2.24) is 10.6 Å². The van der Waals surface area contributed by atoms with Crippen molar-refractivity contribution in [2.75, 3.05) is 18.8 Å². The fourth-order valence-electron chi connectivity index (χ4n) is 3.80. The Morgan fingerprint density at radius 1 is 1.05 bits per heavy atom. The van der Waals surface area contributed by atoms with Gasteiger partial charge in [-0.25, -0.2) is 0 Å². The highest BCUT2D eigenvalue weighted by atomic mass is 16.1. The predicted molar refractivity (Wildman–Crippen MR) is 86.6 cm³/mol. The second-order valence-corrected chi connectivity index (χ2v) is 6.13. The van der Waals surface area contributed by atoms with Crippen LogP contribution in [0.25, 0.3) is 0 Å². The highest BCUT2D eigenvalue weighted by Gasteiger charge is 2.43. The molecule has 4 nitrogen and oxygen atoms in total. The lowest BCUT2D eigenvalue weighted by atomic mass is 9.94. The summed E-state index contributed by atoms with van der Waals surface area (Å²) in [5.41, 5.74) is 9.65. The molecule has 1 aliphatic carbocycles. The van der Waals surface area contributed by atoms with Crippen LogP contribution in [0, 0.1) is 5.92 Å². The largest absolute Gasteiger partial charge is 0.399 e. The molecule has 1 saturated heterocycles. The van der Waals surface area contributed by atoms with E-state index in [4.69, 9.17) is 5.73 Å². The van der Waals surface area contributed by atoms with Gasteiger partial charge in [0.1, 0.15) is 0 Å². The van der Waals surface area contributed by atoms with Crippen LogP contribution >= 0.6 is 0 Å². The number of nitrogen functional groups attached to an aromatic ring is 1. The summed E-state index contributed by atoms with van der Waals surface area (Å²) in [6, 6.07) is 15.6. The Kier molecular flexibility index (Phi) is 3.12. The molecule has 112 valence electrons. The van der Waals surface area contributed by atoms with Gasteiger partial charge in [-0.3, -0.25) is 4.79 Å². The molecule has 4 N–H and O–H groups in total. The molecule has 0 unspecified atom stereocenters. The molecule has 4 rings (SSSR count). The summed E-state index contributed by atoms with van der Waals surface area (Å²) >= 11 is 0. The number of anilines is 1. The Balaban J connectivity index is 1.62. The van der Waals surface area contributed by atoms with E-state index in [1.807, 2.05) is 0 Å². The zero-order chi connectivity index (χ0) is 15.1. The second-order valence-electron chi connectivity index (χ2n) is 6.13. The molecule has 1 heterocycles. The number of carbonyl (C=O) groups is 1. The second kappa shape index (κ2) is 5.14. The van der Waals surface area contributed by atoms with Gasteiger partial charge in [0.15, 0.2) is 0 Å². The van der Waals surface area contributed by atoms with Crippen LogP contribution in [0.5, 0.6) is 0 Å². The highest BCUT2D eigenvalue weighted by Crippen LogP contribution is 2.46. The van der Waals surface area contributed by atoms with E-state index < -0.39 is 0 Å². The van der Waals surface area contributed by atoms with Crippen LogP contribution in [0.15, 0.2) is 48.5 Å². The van der Waals surface area contributed by atoms with E-state index in [1.165, 1.54) is 11.1 Å². The molecular formula is C18H19N3O. The van der Waals surface area contributed by atoms with E-state index in [9.17, 15) is 4.79 Å². The van der Waals surface area contributed by atoms with Crippen molar-refractivity contribution < 1.29 is 4.79 Å². The molecule has 0 saturated carbocycles. The van der Waals surface area contributed by atoms with Gasteiger partial charge in [-0.05, 0) is 35.4 Å². The Morgan fingerprint density at radius 3 is 2.55 bits per heavy atom. The van der Waals surface area contributed by atoms with Crippen molar-refractivity contribution in [2.45, 2.75) is 12.0 Å². The van der Waals surface area contributed by atoms with Crippen molar-refractivity contribution >= 4 is 11.6 Å². The fourth-order valence-corrected chi connectivity index (χ4v) is 3.80. The quantitative estimate of drug-likeness (QED) is 0.742. The number of fused-ring (bicyclic) bond motifs is 3. The van der Waals surface area contributed by atoms with Gasteiger partial charge in [0.2, 0.25) is 0 Å². The summed E-state index contributed by atoms with van der Waals surface area (Å²) in [6.45, 7) is 1.95. The molecule has 22 heavy (non-hydrogen) atoms. The van der Waals surface area contributed by atoms with E-state index in [0.717, 1.165) is 13.1 Å². The van der Waals surface area contributed by atoms with E-state index in [0.29, 0.717) is 23.1 Å². The van der Waals surface area contributed by atoms with Gasteiger partial charge in [-0.2, -0.15) is 0 Å². The van der Waals surface area contributed by atoms with Crippen LogP contribution in [-0.4, -0.2) is 19.0 Å². The van der Waals surface area contributed by atoms with Crippen LogP contribution < -0.4 is 16.4 Å². The highest BCUT2D eigenvalue weighted by molar-refractivity contribution is 5.94. The molecule has 0 radical (unpaired) electrons. The van der Waals surface area contributed by atoms with Crippen LogP contribution in [-0.2, 0) is 0 Å². The Hall–Kier alpha value is -2.33. The minimum atomic E-state index is -0.0349. The number of benzene rings is 2. The number of nitrogens with one attached hydrogen (secondary N) is 2. The lowest BCUT2D eigenvalue weighted by Gasteiger charge is -2.20. The summed E-state index contributed by atoms with van der Waals surface area (Å²) in [7, 11) is 0. The first kappa shape index (κ1) is 13.3. The predicted octanol–water partition coefficient (Wildman–Crippen LogP) is 2.06. The molecule has 0 bridgehead atoms. The average molecular weight is 293 g/mol. The van der Waals surface area contributed by atoms with Crippen LogP contribution in [0.3, 0.4) is 0 Å². The van der Waals surface area contributed by atoms with Gasteiger partial charge in [0.05, 0.1) is 6.04 Å². The Bertz CT molecular complexity index is 711. The number of amides is 1. The fraction of sp³-hybridized carbons (Fsp3) is 0.278. The lowest BCUT2D eigenvalue weighted by Crippen LogP contribution is -2.33. The van der Waals surface area contributed by atoms with Gasteiger partial charge in [-0.1, -0.05) is 24.3 Å². The average Bonchev–Trinajstić information content (AvgIpc) is 3.11. The number of hydrogen-bond donors (Lipinski definition) is 3. The van der Waals surface area contributed by atoms with Crippen molar-refractivity contribution in [3.05, 3.63) is 65.2 Å². The minimum absolute atomic E-state index is 0.0349. The topological polar surface area (TPSA) is 67.2 Å². The first-order chi connectivity index (χ1) is 10.7. The van der Waals surface area contributed by atoms with Gasteiger partial charge in [0, 0.05) is 36.2 Å². The summed E-state index contributed by atoms with van der Waals surface area (Å²) in [5.74, 6) is 0.912. The van der Waals surface area contributed by atoms with E-state index in [2.05, 4.69) is 34.9 Å². The van der Waals surface area contributed by atoms with Crippen molar-refractivity contribution in [3.8, 4) is 0 Å². The molecule has 2 aromatic carbocycles. The third kappa shape index (κ3) is 2.07. The number of nitrogens with two attached hydrogens (primary N) is 1. The normalized spacial score (nSPS) is 25.5. The zero-order valence-corrected chi connectivity index (χ0v) is 12.3. The molecule has 1 amide bonds. The Morgan fingerprint density at radius 2 is 1.77 bits per heavy atom. The SMILES string of the molecule is Nc1ccc(C(=O)N[C@@H]2c3ccccc3[C@@H]3CNC[C@H]23)cc1. The van der Waals surface area contributed by atoms with Gasteiger partial charge in [-0.15, -0.1) is 0 Å². The standard InChI is InChI=1S/C18H19N3O/c19-12-7-5-11(6-8-12)18(22)21-17-14-4-2-1-3-13(14)15-9-20-10-16(15)17/h1-8,15-17,20H,9-10,19H2,(H,21,22)/t15-,16-,17+/m0/s1. The van der Waals surface area contributed by atoms with Crippen molar-refractivity contribution in [1.29, 1.82) is 0 Å². The third-order valence-corrected chi connectivity index (χ3v) is 4.88. The van der Waals surface area contributed by atoms with Crippen LogP contribution in [0.1, 0.15) is 33.4 Å². The Labute approximate surface area is 129 Å². The molecular weight excluding hydrogens is 274 g/mol. The van der Waals surface area contributed by atoms with Gasteiger partial charge < -0.3 is 16.4 Å². The number of carbonyl (C=O) groups excluding carboxylic acids is 1. The number of rotatable bonds is 2. The maximum Gasteiger partial charge on any atom is 0.251 e.